The summed E-state index contributed by atoms with van der Waals surface area (Å²) in [5.41, 5.74) is -1.04. The van der Waals surface area contributed by atoms with Crippen LogP contribution in [-0.4, -0.2) is 22.0 Å². The third kappa shape index (κ3) is 4.14. The summed E-state index contributed by atoms with van der Waals surface area (Å²) >= 11 is 1.51. The van der Waals surface area contributed by atoms with E-state index < -0.39 is 11.4 Å². The highest BCUT2D eigenvalue weighted by atomic mass is 32.1. The summed E-state index contributed by atoms with van der Waals surface area (Å²) in [5, 5.41) is 12.4. The predicted molar refractivity (Wildman–Crippen MR) is 64.7 cm³/mol. The first kappa shape index (κ1) is 13.6. The van der Waals surface area contributed by atoms with Crippen LogP contribution in [0.5, 0.6) is 0 Å². The lowest BCUT2D eigenvalue weighted by Crippen LogP contribution is -2.33. The number of aromatic nitrogens is 1. The summed E-state index contributed by atoms with van der Waals surface area (Å²) in [5.74, 6) is -1.25. The molecular formula is C11H16N2O3S. The number of amides is 1. The molecule has 17 heavy (non-hydrogen) atoms. The molecule has 6 heteroatoms. The number of rotatable bonds is 5. The van der Waals surface area contributed by atoms with Crippen molar-refractivity contribution in [3.63, 3.8) is 0 Å². The highest BCUT2D eigenvalue weighted by Gasteiger charge is 2.29. The minimum absolute atomic E-state index is 0.0350. The predicted octanol–water partition coefficient (Wildman–Crippen LogP) is 1.57. The normalized spacial score (nSPS) is 11.2. The van der Waals surface area contributed by atoms with Gasteiger partial charge in [0, 0.05) is 17.5 Å². The summed E-state index contributed by atoms with van der Waals surface area (Å²) in [4.78, 5) is 27.6. The van der Waals surface area contributed by atoms with Gasteiger partial charge in [0.1, 0.15) is 5.01 Å². The van der Waals surface area contributed by atoms with Crippen molar-refractivity contribution >= 4 is 23.2 Å². The number of carbonyl (C=O) groups is 2. The molecule has 1 aromatic rings. The van der Waals surface area contributed by atoms with E-state index in [2.05, 4.69) is 10.3 Å². The van der Waals surface area contributed by atoms with Gasteiger partial charge in [0.15, 0.2) is 0 Å². The Bertz CT molecular complexity index is 426. The molecule has 5 nitrogen and oxygen atoms in total. The number of nitrogens with one attached hydrogen (secondary N) is 1. The van der Waals surface area contributed by atoms with Crippen molar-refractivity contribution in [2.75, 3.05) is 0 Å². The van der Waals surface area contributed by atoms with Gasteiger partial charge in [-0.3, -0.25) is 9.59 Å². The maximum Gasteiger partial charge on any atom is 0.309 e. The third-order valence-electron chi connectivity index (χ3n) is 2.29. The van der Waals surface area contributed by atoms with Crippen molar-refractivity contribution in [1.82, 2.24) is 10.3 Å². The molecule has 0 saturated heterocycles. The number of hydrogen-bond acceptors (Lipinski definition) is 4. The zero-order valence-electron chi connectivity index (χ0n) is 10.1. The fourth-order valence-corrected chi connectivity index (χ4v) is 1.92. The van der Waals surface area contributed by atoms with E-state index in [-0.39, 0.29) is 12.3 Å². The van der Waals surface area contributed by atoms with Crippen LogP contribution in [0.3, 0.4) is 0 Å². The van der Waals surface area contributed by atoms with Gasteiger partial charge in [-0.05, 0) is 20.8 Å². The van der Waals surface area contributed by atoms with Gasteiger partial charge in [0.2, 0.25) is 5.91 Å². The van der Waals surface area contributed by atoms with Crippen LogP contribution in [0, 0.1) is 12.3 Å². The zero-order chi connectivity index (χ0) is 13.1. The van der Waals surface area contributed by atoms with Crippen LogP contribution >= 0.6 is 11.3 Å². The molecule has 1 amide bonds. The Hall–Kier alpha value is -1.43. The summed E-state index contributed by atoms with van der Waals surface area (Å²) in [6.07, 6.45) is 1.71. The van der Waals surface area contributed by atoms with Crippen molar-refractivity contribution in [3.8, 4) is 0 Å². The average molecular weight is 256 g/mol. The van der Waals surface area contributed by atoms with Crippen molar-refractivity contribution < 1.29 is 14.7 Å². The largest absolute Gasteiger partial charge is 0.481 e. The van der Waals surface area contributed by atoms with Crippen LogP contribution in [0.15, 0.2) is 6.20 Å². The fourth-order valence-electron chi connectivity index (χ4n) is 1.20. The van der Waals surface area contributed by atoms with Crippen LogP contribution in [0.4, 0.5) is 0 Å². The molecule has 1 rings (SSSR count). The molecule has 1 aromatic heterocycles. The van der Waals surface area contributed by atoms with E-state index in [1.54, 1.807) is 6.20 Å². The van der Waals surface area contributed by atoms with Crippen LogP contribution in [-0.2, 0) is 16.1 Å². The number of aryl methyl sites for hydroxylation is 1. The van der Waals surface area contributed by atoms with E-state index in [1.807, 2.05) is 6.92 Å². The first-order chi connectivity index (χ1) is 7.81. The molecule has 0 radical (unpaired) electrons. The van der Waals surface area contributed by atoms with Crippen LogP contribution < -0.4 is 5.32 Å². The zero-order valence-corrected chi connectivity index (χ0v) is 10.9. The summed E-state index contributed by atoms with van der Waals surface area (Å²) in [6.45, 7) is 5.36. The molecule has 0 aliphatic rings. The number of carbonyl (C=O) groups excluding carboxylic acids is 1. The number of aliphatic carboxylic acids is 1. The molecule has 0 saturated carbocycles. The Morgan fingerprint density at radius 3 is 2.65 bits per heavy atom. The Balaban J connectivity index is 2.43. The van der Waals surface area contributed by atoms with E-state index in [4.69, 9.17) is 5.11 Å². The van der Waals surface area contributed by atoms with E-state index in [0.29, 0.717) is 6.54 Å². The number of thiazole rings is 1. The van der Waals surface area contributed by atoms with Gasteiger partial charge >= 0.3 is 5.97 Å². The minimum atomic E-state index is -1.04. The van der Waals surface area contributed by atoms with Crippen molar-refractivity contribution in [3.05, 3.63) is 16.1 Å². The smallest absolute Gasteiger partial charge is 0.309 e. The van der Waals surface area contributed by atoms with Crippen molar-refractivity contribution in [1.29, 1.82) is 0 Å². The lowest BCUT2D eigenvalue weighted by molar-refractivity contribution is -0.149. The van der Waals surface area contributed by atoms with E-state index >= 15 is 0 Å². The maximum absolute atomic E-state index is 11.5. The van der Waals surface area contributed by atoms with Crippen LogP contribution in [0.25, 0.3) is 0 Å². The molecule has 0 atom stereocenters. The minimum Gasteiger partial charge on any atom is -0.481 e. The summed E-state index contributed by atoms with van der Waals surface area (Å²) < 4.78 is 0. The number of nitrogens with zero attached hydrogens (tertiary/aromatic N) is 1. The summed E-state index contributed by atoms with van der Waals surface area (Å²) in [7, 11) is 0. The molecule has 0 aromatic carbocycles. The molecule has 0 unspecified atom stereocenters. The van der Waals surface area contributed by atoms with Gasteiger partial charge < -0.3 is 10.4 Å². The van der Waals surface area contributed by atoms with Crippen LogP contribution in [0.1, 0.15) is 30.2 Å². The maximum atomic E-state index is 11.5. The molecule has 0 aliphatic heterocycles. The van der Waals surface area contributed by atoms with E-state index in [0.717, 1.165) is 9.88 Å². The average Bonchev–Trinajstić information content (AvgIpc) is 2.60. The lowest BCUT2D eigenvalue weighted by atomic mass is 9.89. The molecule has 0 fully saturated rings. The summed E-state index contributed by atoms with van der Waals surface area (Å²) in [6, 6.07) is 0. The number of carboxylic acid groups (broad SMARTS) is 1. The Kier molecular flexibility index (Phi) is 4.22. The SMILES string of the molecule is Cc1cnc(CNC(=O)CC(C)(C)C(=O)O)s1. The Labute approximate surface area is 104 Å². The number of hydrogen-bond donors (Lipinski definition) is 2. The van der Waals surface area contributed by atoms with Gasteiger partial charge in [-0.25, -0.2) is 4.98 Å². The third-order valence-corrected chi connectivity index (χ3v) is 3.20. The first-order valence-electron chi connectivity index (χ1n) is 5.22. The Morgan fingerprint density at radius 2 is 2.18 bits per heavy atom. The second-order valence-corrected chi connectivity index (χ2v) is 5.83. The second kappa shape index (κ2) is 5.27. The lowest BCUT2D eigenvalue weighted by Gasteiger charge is -2.17. The molecular weight excluding hydrogens is 240 g/mol. The molecule has 2 N–H and O–H groups in total. The monoisotopic (exact) mass is 256 g/mol. The number of carboxylic acids is 1. The molecule has 1 heterocycles. The van der Waals surface area contributed by atoms with E-state index in [1.165, 1.54) is 25.2 Å². The van der Waals surface area contributed by atoms with Gasteiger partial charge in [-0.15, -0.1) is 11.3 Å². The topological polar surface area (TPSA) is 79.3 Å². The quantitative estimate of drug-likeness (QED) is 0.838. The second-order valence-electron chi connectivity index (χ2n) is 4.51. The molecule has 0 bridgehead atoms. The molecule has 94 valence electrons. The molecule has 0 spiro atoms. The van der Waals surface area contributed by atoms with Gasteiger partial charge in [-0.1, -0.05) is 0 Å². The van der Waals surface area contributed by atoms with Gasteiger partial charge in [-0.2, -0.15) is 0 Å². The highest BCUT2D eigenvalue weighted by molar-refractivity contribution is 7.11. The van der Waals surface area contributed by atoms with Gasteiger partial charge in [0.05, 0.1) is 12.0 Å². The van der Waals surface area contributed by atoms with E-state index in [9.17, 15) is 9.59 Å². The highest BCUT2D eigenvalue weighted by Crippen LogP contribution is 2.20. The Morgan fingerprint density at radius 1 is 1.53 bits per heavy atom. The standard InChI is InChI=1S/C11H16N2O3S/c1-7-5-13-9(17-7)6-12-8(14)4-11(2,3)10(15)16/h5H,4,6H2,1-3H3,(H,12,14)(H,15,16). The van der Waals surface area contributed by atoms with Crippen molar-refractivity contribution in [2.45, 2.75) is 33.7 Å². The van der Waals surface area contributed by atoms with Crippen LogP contribution in [0.2, 0.25) is 0 Å². The first-order valence-corrected chi connectivity index (χ1v) is 6.04. The molecule has 0 aliphatic carbocycles. The fraction of sp³-hybridized carbons (Fsp3) is 0.545. The van der Waals surface area contributed by atoms with Gasteiger partial charge in [0.25, 0.3) is 0 Å². The van der Waals surface area contributed by atoms with Crippen molar-refractivity contribution in [2.24, 2.45) is 5.41 Å².